The van der Waals surface area contributed by atoms with Gasteiger partial charge in [-0.1, -0.05) is 12.1 Å². The highest BCUT2D eigenvalue weighted by atomic mass is 19.1. The molecule has 0 spiro atoms. The Labute approximate surface area is 104 Å². The van der Waals surface area contributed by atoms with Crippen molar-refractivity contribution in [2.24, 2.45) is 5.92 Å². The van der Waals surface area contributed by atoms with Gasteiger partial charge in [-0.25, -0.2) is 4.39 Å². The molecule has 1 N–H and O–H groups in total. The third-order valence-electron chi connectivity index (χ3n) is 3.33. The average molecular weight is 251 g/mol. The van der Waals surface area contributed by atoms with Crippen LogP contribution < -0.4 is 0 Å². The highest BCUT2D eigenvalue weighted by molar-refractivity contribution is 5.86. The monoisotopic (exact) mass is 251 g/mol. The van der Waals surface area contributed by atoms with Crippen molar-refractivity contribution in [3.05, 3.63) is 35.6 Å². The summed E-state index contributed by atoms with van der Waals surface area (Å²) in [7, 11) is 0. The maximum absolute atomic E-state index is 12.8. The topological polar surface area (TPSA) is 57.6 Å². The highest BCUT2D eigenvalue weighted by Gasteiger charge is 2.36. The number of likely N-dealkylation sites (tertiary alicyclic amines) is 1. The SMILES string of the molecule is C[C@H](c1ccc(F)cc1)N1CC(C(=O)O)CC1=O. The van der Waals surface area contributed by atoms with Crippen LogP contribution in [0.2, 0.25) is 0 Å². The lowest BCUT2D eigenvalue weighted by atomic mass is 10.1. The third-order valence-corrected chi connectivity index (χ3v) is 3.33. The molecule has 0 saturated carbocycles. The molecule has 1 aromatic rings. The number of hydrogen-bond donors (Lipinski definition) is 1. The fourth-order valence-electron chi connectivity index (χ4n) is 2.19. The van der Waals surface area contributed by atoms with E-state index in [1.165, 1.54) is 17.0 Å². The maximum Gasteiger partial charge on any atom is 0.308 e. The fraction of sp³-hybridized carbons (Fsp3) is 0.385. The molecule has 1 unspecified atom stereocenters. The minimum absolute atomic E-state index is 0.0425. The van der Waals surface area contributed by atoms with Crippen LogP contribution in [0.25, 0.3) is 0 Å². The normalized spacial score (nSPS) is 21.1. The van der Waals surface area contributed by atoms with Crippen molar-refractivity contribution < 1.29 is 19.1 Å². The van der Waals surface area contributed by atoms with Gasteiger partial charge in [0.05, 0.1) is 12.0 Å². The predicted molar refractivity (Wildman–Crippen MR) is 62.3 cm³/mol. The molecule has 4 nitrogen and oxygen atoms in total. The number of rotatable bonds is 3. The average Bonchev–Trinajstić information content (AvgIpc) is 2.71. The molecule has 1 aromatic carbocycles. The molecule has 1 aliphatic rings. The first kappa shape index (κ1) is 12.5. The van der Waals surface area contributed by atoms with E-state index in [0.29, 0.717) is 0 Å². The van der Waals surface area contributed by atoms with E-state index in [0.717, 1.165) is 5.56 Å². The molecule has 96 valence electrons. The number of benzene rings is 1. The largest absolute Gasteiger partial charge is 0.481 e. The molecule has 2 atom stereocenters. The second-order valence-corrected chi connectivity index (χ2v) is 4.51. The molecule has 0 radical (unpaired) electrons. The number of nitrogens with zero attached hydrogens (tertiary/aromatic N) is 1. The van der Waals surface area contributed by atoms with Crippen molar-refractivity contribution in [2.45, 2.75) is 19.4 Å². The van der Waals surface area contributed by atoms with Gasteiger partial charge in [0.1, 0.15) is 5.82 Å². The molecule has 0 aliphatic carbocycles. The standard InChI is InChI=1S/C13H14FNO3/c1-8(9-2-4-11(14)5-3-9)15-7-10(13(17)18)6-12(15)16/h2-5,8,10H,6-7H2,1H3,(H,17,18)/t8-,10?/m1/s1. The number of carboxylic acid groups (broad SMARTS) is 1. The molecule has 0 bridgehead atoms. The van der Waals surface area contributed by atoms with Crippen LogP contribution in [0, 0.1) is 11.7 Å². The third kappa shape index (κ3) is 2.34. The van der Waals surface area contributed by atoms with Gasteiger partial charge in [-0.15, -0.1) is 0 Å². The van der Waals surface area contributed by atoms with E-state index in [1.54, 1.807) is 12.1 Å². The minimum Gasteiger partial charge on any atom is -0.481 e. The number of carbonyl (C=O) groups is 2. The fourth-order valence-corrected chi connectivity index (χ4v) is 2.19. The van der Waals surface area contributed by atoms with E-state index in [1.807, 2.05) is 6.92 Å². The summed E-state index contributed by atoms with van der Waals surface area (Å²) >= 11 is 0. The van der Waals surface area contributed by atoms with Crippen LogP contribution in [0.4, 0.5) is 4.39 Å². The van der Waals surface area contributed by atoms with Crippen LogP contribution in [0.3, 0.4) is 0 Å². The Balaban J connectivity index is 2.14. The van der Waals surface area contributed by atoms with Crippen LogP contribution in [0.15, 0.2) is 24.3 Å². The highest BCUT2D eigenvalue weighted by Crippen LogP contribution is 2.28. The summed E-state index contributed by atoms with van der Waals surface area (Å²) in [5.41, 5.74) is 0.802. The number of amides is 1. The summed E-state index contributed by atoms with van der Waals surface area (Å²) in [5.74, 6) is -2.08. The molecular formula is C13H14FNO3. The smallest absolute Gasteiger partial charge is 0.308 e. The van der Waals surface area contributed by atoms with Gasteiger partial charge in [0.15, 0.2) is 0 Å². The number of carboxylic acids is 1. The Hall–Kier alpha value is -1.91. The Morgan fingerprint density at radius 2 is 2.06 bits per heavy atom. The Morgan fingerprint density at radius 1 is 1.44 bits per heavy atom. The molecule has 1 aliphatic heterocycles. The number of carbonyl (C=O) groups excluding carboxylic acids is 1. The van der Waals surface area contributed by atoms with Crippen molar-refractivity contribution in [1.29, 1.82) is 0 Å². The van der Waals surface area contributed by atoms with E-state index < -0.39 is 11.9 Å². The molecule has 1 saturated heterocycles. The number of hydrogen-bond acceptors (Lipinski definition) is 2. The van der Waals surface area contributed by atoms with Crippen LogP contribution in [-0.4, -0.2) is 28.4 Å². The van der Waals surface area contributed by atoms with Crippen molar-refractivity contribution >= 4 is 11.9 Å². The van der Waals surface area contributed by atoms with Crippen molar-refractivity contribution in [3.63, 3.8) is 0 Å². The molecule has 0 aromatic heterocycles. The minimum atomic E-state index is -0.947. The van der Waals surface area contributed by atoms with Gasteiger partial charge < -0.3 is 10.0 Å². The van der Waals surface area contributed by atoms with Crippen molar-refractivity contribution in [3.8, 4) is 0 Å². The first-order chi connectivity index (χ1) is 8.49. The summed E-state index contributed by atoms with van der Waals surface area (Å²) < 4.78 is 12.8. The molecule has 2 rings (SSSR count). The van der Waals surface area contributed by atoms with Gasteiger partial charge >= 0.3 is 5.97 Å². The van der Waals surface area contributed by atoms with E-state index in [-0.39, 0.29) is 30.7 Å². The Kier molecular flexibility index (Phi) is 3.32. The zero-order chi connectivity index (χ0) is 13.3. The summed E-state index contributed by atoms with van der Waals surface area (Å²) in [6, 6.07) is 5.66. The van der Waals surface area contributed by atoms with Gasteiger partial charge in [0, 0.05) is 13.0 Å². The molecular weight excluding hydrogens is 237 g/mol. The lowest BCUT2D eigenvalue weighted by molar-refractivity contribution is -0.141. The van der Waals surface area contributed by atoms with Crippen molar-refractivity contribution in [2.75, 3.05) is 6.54 Å². The van der Waals surface area contributed by atoms with E-state index in [2.05, 4.69) is 0 Å². The first-order valence-electron chi connectivity index (χ1n) is 5.76. The van der Waals surface area contributed by atoms with Gasteiger partial charge in [-0.3, -0.25) is 9.59 Å². The zero-order valence-corrected chi connectivity index (χ0v) is 9.97. The van der Waals surface area contributed by atoms with Crippen LogP contribution >= 0.6 is 0 Å². The van der Waals surface area contributed by atoms with E-state index in [4.69, 9.17) is 5.11 Å². The molecule has 1 heterocycles. The molecule has 1 fully saturated rings. The van der Waals surface area contributed by atoms with Crippen LogP contribution in [0.1, 0.15) is 24.9 Å². The molecule has 18 heavy (non-hydrogen) atoms. The Bertz CT molecular complexity index is 472. The van der Waals surface area contributed by atoms with Gasteiger partial charge in [-0.2, -0.15) is 0 Å². The molecule has 1 amide bonds. The maximum atomic E-state index is 12.8. The summed E-state index contributed by atoms with van der Waals surface area (Å²) in [4.78, 5) is 24.2. The lowest BCUT2D eigenvalue weighted by Crippen LogP contribution is -2.29. The quantitative estimate of drug-likeness (QED) is 0.891. The second kappa shape index (κ2) is 4.76. The van der Waals surface area contributed by atoms with Gasteiger partial charge in [0.2, 0.25) is 5.91 Å². The summed E-state index contributed by atoms with van der Waals surface area (Å²) in [5, 5.41) is 8.91. The first-order valence-corrected chi connectivity index (χ1v) is 5.76. The Morgan fingerprint density at radius 3 is 2.56 bits per heavy atom. The van der Waals surface area contributed by atoms with Crippen molar-refractivity contribution in [1.82, 2.24) is 4.90 Å². The van der Waals surface area contributed by atoms with Crippen LogP contribution in [-0.2, 0) is 9.59 Å². The number of aliphatic carboxylic acids is 1. The lowest BCUT2D eigenvalue weighted by Gasteiger charge is -2.24. The summed E-state index contributed by atoms with van der Waals surface area (Å²) in [6.45, 7) is 2.03. The van der Waals surface area contributed by atoms with Crippen LogP contribution in [0.5, 0.6) is 0 Å². The molecule has 5 heteroatoms. The zero-order valence-electron chi connectivity index (χ0n) is 9.97. The second-order valence-electron chi connectivity index (χ2n) is 4.51. The van der Waals surface area contributed by atoms with E-state index >= 15 is 0 Å². The summed E-state index contributed by atoms with van der Waals surface area (Å²) in [6.07, 6.45) is 0.0425. The van der Waals surface area contributed by atoms with Gasteiger partial charge in [-0.05, 0) is 24.6 Å². The van der Waals surface area contributed by atoms with Gasteiger partial charge in [0.25, 0.3) is 0 Å². The number of halogens is 1. The predicted octanol–water partition coefficient (Wildman–Crippen LogP) is 1.82. The van der Waals surface area contributed by atoms with E-state index in [9.17, 15) is 14.0 Å².